The Morgan fingerprint density at radius 1 is 1.22 bits per heavy atom. The van der Waals surface area contributed by atoms with Gasteiger partial charge in [0.1, 0.15) is 0 Å². The number of benzene rings is 1. The van der Waals surface area contributed by atoms with Gasteiger partial charge in [-0.05, 0) is 43.2 Å². The molecule has 1 aromatic carbocycles. The van der Waals surface area contributed by atoms with Crippen LogP contribution in [0.4, 0.5) is 0 Å². The highest BCUT2D eigenvalue weighted by molar-refractivity contribution is 5.79. The largest absolute Gasteiger partial charge is 0.353 e. The number of carbonyl (C=O) groups excluding carboxylic acids is 1. The molecule has 0 saturated heterocycles. The molecule has 1 amide bonds. The van der Waals surface area contributed by atoms with Crippen molar-refractivity contribution in [2.24, 2.45) is 11.7 Å². The molecule has 0 spiro atoms. The molecular formula is C20H30N2O. The molecule has 1 aromatic rings. The highest BCUT2D eigenvalue weighted by Gasteiger charge is 2.41. The van der Waals surface area contributed by atoms with E-state index in [1.54, 1.807) is 0 Å². The fraction of sp³-hybridized carbons (Fsp3) is 0.650. The zero-order valence-electron chi connectivity index (χ0n) is 14.3. The molecule has 0 heterocycles. The van der Waals surface area contributed by atoms with Crippen molar-refractivity contribution in [2.75, 3.05) is 0 Å². The van der Waals surface area contributed by atoms with Gasteiger partial charge >= 0.3 is 0 Å². The van der Waals surface area contributed by atoms with Crippen molar-refractivity contribution in [3.63, 3.8) is 0 Å². The Hall–Kier alpha value is -1.35. The van der Waals surface area contributed by atoms with Crippen LogP contribution >= 0.6 is 0 Å². The third kappa shape index (κ3) is 4.14. The molecule has 0 radical (unpaired) electrons. The van der Waals surface area contributed by atoms with Crippen LogP contribution < -0.4 is 11.1 Å². The fourth-order valence-electron chi connectivity index (χ4n) is 3.78. The highest BCUT2D eigenvalue weighted by Crippen LogP contribution is 2.44. The summed E-state index contributed by atoms with van der Waals surface area (Å²) in [4.78, 5) is 12.6. The monoisotopic (exact) mass is 314 g/mol. The molecule has 3 N–H and O–H groups in total. The predicted octanol–water partition coefficient (Wildman–Crippen LogP) is 3.65. The Morgan fingerprint density at radius 3 is 2.52 bits per heavy atom. The maximum absolute atomic E-state index is 12.6. The average molecular weight is 314 g/mol. The number of nitrogens with two attached hydrogens (primary N) is 1. The van der Waals surface area contributed by atoms with Gasteiger partial charge < -0.3 is 11.1 Å². The van der Waals surface area contributed by atoms with Gasteiger partial charge in [-0.1, -0.05) is 56.9 Å². The maximum atomic E-state index is 12.6. The Labute approximate surface area is 140 Å². The van der Waals surface area contributed by atoms with Gasteiger partial charge in [0.05, 0.1) is 0 Å². The zero-order valence-corrected chi connectivity index (χ0v) is 14.3. The second-order valence-electron chi connectivity index (χ2n) is 7.62. The second-order valence-corrected chi connectivity index (χ2v) is 7.62. The summed E-state index contributed by atoms with van der Waals surface area (Å²) in [6, 6.07) is 8.77. The summed E-state index contributed by atoms with van der Waals surface area (Å²) in [5, 5.41) is 3.28. The summed E-state index contributed by atoms with van der Waals surface area (Å²) in [7, 11) is 0. The Balaban J connectivity index is 1.60. The van der Waals surface area contributed by atoms with E-state index >= 15 is 0 Å². The summed E-state index contributed by atoms with van der Waals surface area (Å²) < 4.78 is 0. The normalized spacial score (nSPS) is 22.2. The van der Waals surface area contributed by atoms with E-state index in [-0.39, 0.29) is 17.4 Å². The number of nitrogens with one attached hydrogen (secondary N) is 1. The van der Waals surface area contributed by atoms with Crippen LogP contribution in [-0.4, -0.2) is 11.9 Å². The first-order valence-electron chi connectivity index (χ1n) is 9.26. The molecule has 1 atom stereocenters. The number of rotatable bonds is 5. The van der Waals surface area contributed by atoms with Crippen LogP contribution in [0.15, 0.2) is 24.3 Å². The summed E-state index contributed by atoms with van der Waals surface area (Å²) in [6.45, 7) is 2.04. The molecular weight excluding hydrogens is 284 g/mol. The lowest BCUT2D eigenvalue weighted by Crippen LogP contribution is -2.38. The summed E-state index contributed by atoms with van der Waals surface area (Å²) in [5.74, 6) is 0.204. The predicted molar refractivity (Wildman–Crippen MR) is 94.0 cm³/mol. The molecule has 2 aliphatic rings. The minimum absolute atomic E-state index is 0.00162. The van der Waals surface area contributed by atoms with E-state index in [1.165, 1.54) is 36.8 Å². The Bertz CT molecular complexity index is 542. The molecule has 2 fully saturated rings. The van der Waals surface area contributed by atoms with Crippen LogP contribution in [0.5, 0.6) is 0 Å². The van der Waals surface area contributed by atoms with Crippen LogP contribution in [0.1, 0.15) is 69.4 Å². The van der Waals surface area contributed by atoms with E-state index in [4.69, 9.17) is 5.73 Å². The molecule has 2 saturated carbocycles. The van der Waals surface area contributed by atoms with Gasteiger partial charge in [0.15, 0.2) is 0 Å². The van der Waals surface area contributed by atoms with E-state index < -0.39 is 0 Å². The molecule has 0 bridgehead atoms. The molecule has 0 aromatic heterocycles. The SMILES string of the molecule is CC(Cc1ccccc1C1(N)CC1)C(=O)NC1CCCCCC1. The maximum Gasteiger partial charge on any atom is 0.223 e. The second kappa shape index (κ2) is 7.04. The van der Waals surface area contributed by atoms with Crippen LogP contribution in [-0.2, 0) is 16.8 Å². The molecule has 1 unspecified atom stereocenters. The zero-order chi connectivity index (χ0) is 16.3. The highest BCUT2D eigenvalue weighted by atomic mass is 16.1. The van der Waals surface area contributed by atoms with Gasteiger partial charge in [0.2, 0.25) is 5.91 Å². The third-order valence-corrected chi connectivity index (χ3v) is 5.52. The standard InChI is InChI=1S/C20H30N2O/c1-15(19(23)22-17-9-4-2-3-5-10-17)14-16-8-6-7-11-18(16)20(21)12-13-20/h6-8,11,15,17H,2-5,9-10,12-14,21H2,1H3,(H,22,23). The van der Waals surface area contributed by atoms with Gasteiger partial charge in [0.25, 0.3) is 0 Å². The molecule has 3 heteroatoms. The molecule has 23 heavy (non-hydrogen) atoms. The van der Waals surface area contributed by atoms with Crippen molar-refractivity contribution >= 4 is 5.91 Å². The van der Waals surface area contributed by atoms with Gasteiger partial charge in [0, 0.05) is 17.5 Å². The van der Waals surface area contributed by atoms with Gasteiger partial charge in [-0.15, -0.1) is 0 Å². The minimum Gasteiger partial charge on any atom is -0.353 e. The lowest BCUT2D eigenvalue weighted by molar-refractivity contribution is -0.125. The molecule has 0 aliphatic heterocycles. The number of amides is 1. The van der Waals surface area contributed by atoms with Crippen molar-refractivity contribution in [1.82, 2.24) is 5.32 Å². The quantitative estimate of drug-likeness (QED) is 0.815. The van der Waals surface area contributed by atoms with E-state index in [0.717, 1.165) is 32.1 Å². The first kappa shape index (κ1) is 16.5. The first-order valence-corrected chi connectivity index (χ1v) is 9.26. The van der Waals surface area contributed by atoms with Crippen molar-refractivity contribution in [3.05, 3.63) is 35.4 Å². The Kier molecular flexibility index (Phi) is 5.05. The smallest absolute Gasteiger partial charge is 0.223 e. The van der Waals surface area contributed by atoms with Gasteiger partial charge in [-0.3, -0.25) is 4.79 Å². The Morgan fingerprint density at radius 2 is 1.87 bits per heavy atom. The van der Waals surface area contributed by atoms with Crippen LogP contribution in [0.25, 0.3) is 0 Å². The minimum atomic E-state index is -0.131. The molecule has 3 rings (SSSR count). The molecule has 2 aliphatic carbocycles. The summed E-state index contributed by atoms with van der Waals surface area (Å²) in [6.07, 6.45) is 10.3. The van der Waals surface area contributed by atoms with Crippen molar-refractivity contribution in [2.45, 2.75) is 76.3 Å². The number of hydrogen-bond acceptors (Lipinski definition) is 2. The van der Waals surface area contributed by atoms with Crippen molar-refractivity contribution in [1.29, 1.82) is 0 Å². The van der Waals surface area contributed by atoms with E-state index in [2.05, 4.69) is 29.6 Å². The van der Waals surface area contributed by atoms with Crippen LogP contribution in [0, 0.1) is 5.92 Å². The number of carbonyl (C=O) groups is 1. The van der Waals surface area contributed by atoms with E-state index in [9.17, 15) is 4.79 Å². The van der Waals surface area contributed by atoms with Gasteiger partial charge in [-0.25, -0.2) is 0 Å². The summed E-state index contributed by atoms with van der Waals surface area (Å²) in [5.41, 5.74) is 8.75. The van der Waals surface area contributed by atoms with Crippen molar-refractivity contribution in [3.8, 4) is 0 Å². The number of hydrogen-bond donors (Lipinski definition) is 2. The topological polar surface area (TPSA) is 55.1 Å². The third-order valence-electron chi connectivity index (χ3n) is 5.52. The van der Waals surface area contributed by atoms with Crippen molar-refractivity contribution < 1.29 is 4.79 Å². The first-order chi connectivity index (χ1) is 11.1. The lowest BCUT2D eigenvalue weighted by Gasteiger charge is -2.21. The summed E-state index contributed by atoms with van der Waals surface area (Å²) >= 11 is 0. The lowest BCUT2D eigenvalue weighted by atomic mass is 9.91. The van der Waals surface area contributed by atoms with Crippen LogP contribution in [0.3, 0.4) is 0 Å². The van der Waals surface area contributed by atoms with E-state index in [1.807, 2.05) is 6.92 Å². The van der Waals surface area contributed by atoms with Crippen LogP contribution in [0.2, 0.25) is 0 Å². The average Bonchev–Trinajstić information content (AvgIpc) is 3.32. The molecule has 3 nitrogen and oxygen atoms in total. The fourth-order valence-corrected chi connectivity index (χ4v) is 3.78. The van der Waals surface area contributed by atoms with Gasteiger partial charge in [-0.2, -0.15) is 0 Å². The van der Waals surface area contributed by atoms with E-state index in [0.29, 0.717) is 6.04 Å². The molecule has 126 valence electrons.